The van der Waals surface area contributed by atoms with E-state index in [1.165, 1.54) is 11.3 Å². The van der Waals surface area contributed by atoms with Crippen LogP contribution in [-0.2, 0) is 23.1 Å². The Hall–Kier alpha value is -0.660. The minimum Gasteiger partial charge on any atom is -0.306 e. The molecule has 0 atom stereocenters. The van der Waals surface area contributed by atoms with Gasteiger partial charge in [0.2, 0.25) is 10.0 Å². The van der Waals surface area contributed by atoms with Gasteiger partial charge in [0, 0.05) is 18.0 Å². The average molecular weight is 247 g/mol. The second-order valence-corrected chi connectivity index (χ2v) is 6.34. The zero-order chi connectivity index (χ0) is 10.9. The molecular formula is C8H13N3O2S2. The Kier molecular flexibility index (Phi) is 2.94. The first-order valence-electron chi connectivity index (χ1n) is 4.80. The Bertz CT molecular complexity index is 431. The van der Waals surface area contributed by atoms with Crippen LogP contribution in [0.3, 0.4) is 0 Å². The van der Waals surface area contributed by atoms with E-state index in [1.54, 1.807) is 0 Å². The third-order valence-corrected chi connectivity index (χ3v) is 4.66. The predicted octanol–water partition coefficient (Wildman–Crippen LogP) is 0.898. The Labute approximate surface area is 93.0 Å². The molecule has 7 heteroatoms. The maximum atomic E-state index is 11.5. The van der Waals surface area contributed by atoms with Gasteiger partial charge < -0.3 is 5.32 Å². The summed E-state index contributed by atoms with van der Waals surface area (Å²) in [5, 5.41) is 3.65. The number of hydrogen-bond donors (Lipinski definition) is 2. The molecule has 1 aromatic heterocycles. The smallest absolute Gasteiger partial charge is 0.234 e. The zero-order valence-electron chi connectivity index (χ0n) is 8.41. The van der Waals surface area contributed by atoms with Gasteiger partial charge in [-0.25, -0.2) is 13.4 Å². The quantitative estimate of drug-likeness (QED) is 0.829. The highest BCUT2D eigenvalue weighted by Gasteiger charge is 2.18. The van der Waals surface area contributed by atoms with Gasteiger partial charge in [-0.15, -0.1) is 0 Å². The van der Waals surface area contributed by atoms with Crippen molar-refractivity contribution in [1.29, 1.82) is 0 Å². The second kappa shape index (κ2) is 4.07. The molecule has 0 aromatic carbocycles. The summed E-state index contributed by atoms with van der Waals surface area (Å²) >= 11 is 1.41. The molecule has 0 bridgehead atoms. The number of hydrogen-bond acceptors (Lipinski definition) is 5. The van der Waals surface area contributed by atoms with E-state index in [0.717, 1.165) is 23.7 Å². The summed E-state index contributed by atoms with van der Waals surface area (Å²) in [5.74, 6) is 0.148. The van der Waals surface area contributed by atoms with Gasteiger partial charge in [0.25, 0.3) is 0 Å². The van der Waals surface area contributed by atoms with Crippen LogP contribution in [0.1, 0.15) is 23.9 Å². The van der Waals surface area contributed by atoms with E-state index in [-0.39, 0.29) is 5.75 Å². The van der Waals surface area contributed by atoms with Crippen molar-refractivity contribution < 1.29 is 8.42 Å². The molecule has 2 rings (SSSR count). The van der Waals surface area contributed by atoms with Gasteiger partial charge in [0.05, 0.1) is 11.4 Å². The van der Waals surface area contributed by atoms with Crippen LogP contribution in [0.25, 0.3) is 0 Å². The largest absolute Gasteiger partial charge is 0.306 e. The van der Waals surface area contributed by atoms with Gasteiger partial charge in [-0.1, -0.05) is 18.3 Å². The van der Waals surface area contributed by atoms with E-state index in [1.807, 2.05) is 6.92 Å². The van der Waals surface area contributed by atoms with Crippen molar-refractivity contribution in [3.05, 3.63) is 10.6 Å². The lowest BCUT2D eigenvalue weighted by atomic mass is 10.4. The van der Waals surface area contributed by atoms with Crippen molar-refractivity contribution in [2.45, 2.75) is 26.4 Å². The van der Waals surface area contributed by atoms with E-state index >= 15 is 0 Å². The van der Waals surface area contributed by atoms with Crippen LogP contribution in [0.15, 0.2) is 0 Å². The first-order chi connectivity index (χ1) is 7.11. The van der Waals surface area contributed by atoms with Crippen LogP contribution in [-0.4, -0.2) is 19.2 Å². The maximum Gasteiger partial charge on any atom is 0.234 e. The van der Waals surface area contributed by atoms with Gasteiger partial charge in [-0.2, -0.15) is 0 Å². The lowest BCUT2D eigenvalue weighted by Crippen LogP contribution is -2.16. The van der Waals surface area contributed by atoms with Gasteiger partial charge in [-0.05, 0) is 6.42 Å². The van der Waals surface area contributed by atoms with Crippen LogP contribution in [0, 0.1) is 0 Å². The molecule has 0 unspecified atom stereocenters. The SMILES string of the molecule is CCCS(=O)(=O)Nc1nc2c(s1)CNC2. The summed E-state index contributed by atoms with van der Waals surface area (Å²) in [7, 11) is -3.19. The number of thiazole rings is 1. The van der Waals surface area contributed by atoms with Gasteiger partial charge >= 0.3 is 0 Å². The Balaban J connectivity index is 2.12. The van der Waals surface area contributed by atoms with Crippen molar-refractivity contribution in [2.75, 3.05) is 10.5 Å². The van der Waals surface area contributed by atoms with Crippen molar-refractivity contribution in [3.8, 4) is 0 Å². The third-order valence-electron chi connectivity index (χ3n) is 2.07. The van der Waals surface area contributed by atoms with Gasteiger partial charge in [-0.3, -0.25) is 4.72 Å². The summed E-state index contributed by atoms with van der Waals surface area (Å²) < 4.78 is 25.4. The highest BCUT2D eigenvalue weighted by molar-refractivity contribution is 7.92. The molecule has 2 N–H and O–H groups in total. The number of nitrogens with one attached hydrogen (secondary N) is 2. The predicted molar refractivity (Wildman–Crippen MR) is 60.4 cm³/mol. The van der Waals surface area contributed by atoms with Crippen LogP contribution in [0.5, 0.6) is 0 Å². The highest BCUT2D eigenvalue weighted by Crippen LogP contribution is 2.26. The Morgan fingerprint density at radius 1 is 1.53 bits per heavy atom. The summed E-state index contributed by atoms with van der Waals surface area (Å²) in [5.41, 5.74) is 0.967. The van der Waals surface area contributed by atoms with Crippen LogP contribution in [0.2, 0.25) is 0 Å². The molecule has 0 aliphatic carbocycles. The van der Waals surface area contributed by atoms with Crippen molar-refractivity contribution in [3.63, 3.8) is 0 Å². The summed E-state index contributed by atoms with van der Waals surface area (Å²) in [6.07, 6.45) is 0.613. The minimum atomic E-state index is -3.19. The molecule has 0 amide bonds. The molecule has 0 saturated heterocycles. The van der Waals surface area contributed by atoms with E-state index in [4.69, 9.17) is 0 Å². The van der Waals surface area contributed by atoms with E-state index < -0.39 is 10.0 Å². The van der Waals surface area contributed by atoms with Crippen molar-refractivity contribution in [1.82, 2.24) is 10.3 Å². The van der Waals surface area contributed by atoms with Crippen LogP contribution in [0.4, 0.5) is 5.13 Å². The lowest BCUT2D eigenvalue weighted by molar-refractivity contribution is 0.600. The first-order valence-corrected chi connectivity index (χ1v) is 7.27. The van der Waals surface area contributed by atoms with E-state index in [2.05, 4.69) is 15.0 Å². The fourth-order valence-electron chi connectivity index (χ4n) is 1.45. The topological polar surface area (TPSA) is 71.1 Å². The number of fused-ring (bicyclic) bond motifs is 1. The molecule has 0 radical (unpaired) electrons. The third kappa shape index (κ3) is 2.47. The number of anilines is 1. The molecule has 1 aliphatic rings. The molecule has 15 heavy (non-hydrogen) atoms. The number of nitrogens with zero attached hydrogens (tertiary/aromatic N) is 1. The van der Waals surface area contributed by atoms with Crippen molar-refractivity contribution >= 4 is 26.5 Å². The van der Waals surface area contributed by atoms with Crippen LogP contribution < -0.4 is 10.0 Å². The van der Waals surface area contributed by atoms with Gasteiger partial charge in [0.15, 0.2) is 5.13 Å². The lowest BCUT2D eigenvalue weighted by Gasteiger charge is -2.02. The molecule has 2 heterocycles. The van der Waals surface area contributed by atoms with Gasteiger partial charge in [0.1, 0.15) is 0 Å². The molecular weight excluding hydrogens is 234 g/mol. The fourth-order valence-corrected chi connectivity index (χ4v) is 3.75. The monoisotopic (exact) mass is 247 g/mol. The summed E-state index contributed by atoms with van der Waals surface area (Å²) in [4.78, 5) is 5.35. The highest BCUT2D eigenvalue weighted by atomic mass is 32.2. The number of aromatic nitrogens is 1. The fraction of sp³-hybridized carbons (Fsp3) is 0.625. The molecule has 84 valence electrons. The molecule has 0 spiro atoms. The average Bonchev–Trinajstić information content (AvgIpc) is 2.61. The Morgan fingerprint density at radius 2 is 2.33 bits per heavy atom. The van der Waals surface area contributed by atoms with Crippen molar-refractivity contribution in [2.24, 2.45) is 0 Å². The second-order valence-electron chi connectivity index (χ2n) is 3.41. The Morgan fingerprint density at radius 3 is 3.00 bits per heavy atom. The first kappa shape index (κ1) is 10.8. The number of sulfonamides is 1. The van der Waals surface area contributed by atoms with E-state index in [9.17, 15) is 8.42 Å². The number of rotatable bonds is 4. The zero-order valence-corrected chi connectivity index (χ0v) is 10.0. The molecule has 1 aromatic rings. The normalized spacial score (nSPS) is 15.3. The standard InChI is InChI=1S/C8H13N3O2S2/c1-2-3-15(12,13)11-8-10-6-4-9-5-7(6)14-8/h9H,2-5H2,1H3,(H,10,11). The summed E-state index contributed by atoms with van der Waals surface area (Å²) in [6.45, 7) is 3.37. The van der Waals surface area contributed by atoms with Crippen LogP contribution >= 0.6 is 11.3 Å². The molecule has 0 fully saturated rings. The molecule has 0 saturated carbocycles. The van der Waals surface area contributed by atoms with E-state index in [0.29, 0.717) is 11.6 Å². The summed E-state index contributed by atoms with van der Waals surface area (Å²) in [6, 6.07) is 0. The minimum absolute atomic E-state index is 0.148. The molecule has 1 aliphatic heterocycles. The maximum absolute atomic E-state index is 11.5. The molecule has 5 nitrogen and oxygen atoms in total.